The molecule has 0 radical (unpaired) electrons. The quantitative estimate of drug-likeness (QED) is 0.0579. The summed E-state index contributed by atoms with van der Waals surface area (Å²) in [5, 5.41) is 10.8. The third-order valence-corrected chi connectivity index (χ3v) is 18.3. The number of fused-ring (bicyclic) bond motifs is 22. The lowest BCUT2D eigenvalue weighted by Crippen LogP contribution is -2.26. The van der Waals surface area contributed by atoms with Crippen LogP contribution < -0.4 is 21.3 Å². The van der Waals surface area contributed by atoms with Crippen molar-refractivity contribution >= 4 is 57.1 Å². The lowest BCUT2D eigenvalue weighted by Gasteiger charge is -2.14. The van der Waals surface area contributed by atoms with Crippen LogP contribution in [-0.4, -0.2) is 35.9 Å². The molecule has 2 atom stereocenters. The molecule has 0 spiro atoms. The van der Waals surface area contributed by atoms with E-state index < -0.39 is 0 Å². The number of nitrogens with one attached hydrogen (secondary N) is 6. The molecule has 0 amide bonds. The van der Waals surface area contributed by atoms with Gasteiger partial charge in [0.1, 0.15) is 0 Å². The van der Waals surface area contributed by atoms with Crippen LogP contribution >= 0.6 is 0 Å². The van der Waals surface area contributed by atoms with E-state index in [4.69, 9.17) is 9.97 Å². The Kier molecular flexibility index (Phi) is 15.1. The van der Waals surface area contributed by atoms with Gasteiger partial charge in [0.15, 0.2) is 0 Å². The van der Waals surface area contributed by atoms with Crippen LogP contribution in [0.15, 0.2) is 59.3 Å². The number of H-pyrrole nitrogens is 4. The predicted molar refractivity (Wildman–Crippen MR) is 331 cm³/mol. The molecule has 5 aromatic heterocycles. The summed E-state index contributed by atoms with van der Waals surface area (Å²) in [6.07, 6.45) is 26.9. The second kappa shape index (κ2) is 22.1. The zero-order chi connectivity index (χ0) is 54.5. The van der Waals surface area contributed by atoms with E-state index in [0.717, 1.165) is 153 Å². The average molecular weight is 1040 g/mol. The van der Waals surface area contributed by atoms with Gasteiger partial charge in [0, 0.05) is 72.2 Å². The Balaban J connectivity index is 1.20. The maximum atomic E-state index is 5.71. The van der Waals surface area contributed by atoms with Gasteiger partial charge in [0.2, 0.25) is 0 Å². The molecule has 0 saturated carbocycles. The molecule has 10 heterocycles. The van der Waals surface area contributed by atoms with Gasteiger partial charge in [0.25, 0.3) is 0 Å². The lowest BCUT2D eigenvalue weighted by molar-refractivity contribution is 0.727. The average Bonchev–Trinajstić information content (AvgIpc) is 4.44. The molecule has 2 unspecified atom stereocenters. The molecule has 8 heteroatoms. The van der Waals surface area contributed by atoms with E-state index in [1.165, 1.54) is 117 Å². The Morgan fingerprint density at radius 1 is 0.410 bits per heavy atom. The number of aryl methyl sites for hydroxylation is 4. The number of allylic oxidation sites excluding steroid dienone is 3. The number of unbranched alkanes of at least 4 members (excludes halogenated alkanes) is 4. The molecule has 406 valence electrons. The SMILES string of the molecule is CCCCC1=C(C)/C2=C/C3N/C(=C/c4[nH]c(c(CCCC)c4C)/C=c4\[nH]/c(c(CC)c4CC)=C\C1N2)c1cc2c(cc13)-c1cc3[nH]c(cc4nc(cc5[nH]c(cc-2n1)c(C)c5CCCC)C(CC)=C4CC)c(CCCC)c3C. The summed E-state index contributed by atoms with van der Waals surface area (Å²) in [5.74, 6) is 0. The number of benzene rings is 1. The highest BCUT2D eigenvalue weighted by Crippen LogP contribution is 2.46. The molecule has 1 aromatic carbocycles. The van der Waals surface area contributed by atoms with Crippen molar-refractivity contribution in [1.29, 1.82) is 0 Å². The van der Waals surface area contributed by atoms with Gasteiger partial charge < -0.3 is 30.6 Å². The Labute approximate surface area is 464 Å². The third kappa shape index (κ3) is 9.38. The second-order valence-corrected chi connectivity index (χ2v) is 23.0. The minimum Gasteiger partial charge on any atom is -0.375 e. The van der Waals surface area contributed by atoms with Gasteiger partial charge in [-0.05, 0) is 238 Å². The molecule has 16 bridgehead atoms. The Hall–Kier alpha value is -6.80. The van der Waals surface area contributed by atoms with Crippen LogP contribution in [0.1, 0.15) is 217 Å². The van der Waals surface area contributed by atoms with E-state index in [1.54, 1.807) is 0 Å². The smallest absolute Gasteiger partial charge is 0.0737 e. The molecular weight excluding hydrogens is 953 g/mol. The van der Waals surface area contributed by atoms with Crippen LogP contribution in [0.3, 0.4) is 0 Å². The molecule has 5 aliphatic heterocycles. The molecule has 11 rings (SSSR count). The van der Waals surface area contributed by atoms with Crippen molar-refractivity contribution in [2.24, 2.45) is 0 Å². The molecule has 0 fully saturated rings. The van der Waals surface area contributed by atoms with E-state index in [1.807, 2.05) is 0 Å². The number of rotatable bonds is 16. The van der Waals surface area contributed by atoms with E-state index >= 15 is 0 Å². The first kappa shape index (κ1) is 53.2. The van der Waals surface area contributed by atoms with Crippen molar-refractivity contribution < 1.29 is 0 Å². The summed E-state index contributed by atoms with van der Waals surface area (Å²) in [4.78, 5) is 27.2. The van der Waals surface area contributed by atoms with Gasteiger partial charge in [-0.1, -0.05) is 81.1 Å². The first-order valence-electron chi connectivity index (χ1n) is 30.4. The number of aromatic amines is 4. The van der Waals surface area contributed by atoms with E-state index in [-0.39, 0.29) is 12.1 Å². The van der Waals surface area contributed by atoms with E-state index in [0.29, 0.717) is 0 Å². The minimum atomic E-state index is -0.0821. The molecule has 0 saturated heterocycles. The number of hydrogen-bond donors (Lipinski definition) is 6. The van der Waals surface area contributed by atoms with Gasteiger partial charge in [-0.2, -0.15) is 0 Å². The summed E-state index contributed by atoms with van der Waals surface area (Å²) < 4.78 is 0. The highest BCUT2D eigenvalue weighted by Gasteiger charge is 2.33. The fourth-order valence-corrected chi connectivity index (χ4v) is 13.7. The van der Waals surface area contributed by atoms with Crippen LogP contribution in [0.5, 0.6) is 0 Å². The maximum absolute atomic E-state index is 5.71. The third-order valence-electron chi connectivity index (χ3n) is 18.3. The van der Waals surface area contributed by atoms with Crippen molar-refractivity contribution in [1.82, 2.24) is 40.5 Å². The monoisotopic (exact) mass is 1040 g/mol. The predicted octanol–water partition coefficient (Wildman–Crippen LogP) is 16.2. The van der Waals surface area contributed by atoms with Crippen molar-refractivity contribution in [2.75, 3.05) is 0 Å². The zero-order valence-corrected chi connectivity index (χ0v) is 49.1. The molecule has 6 N–H and O–H groups in total. The molecule has 5 aliphatic rings. The highest BCUT2D eigenvalue weighted by molar-refractivity contribution is 5.96. The Bertz CT molecular complexity index is 3790. The van der Waals surface area contributed by atoms with E-state index in [9.17, 15) is 0 Å². The molecule has 78 heavy (non-hydrogen) atoms. The van der Waals surface area contributed by atoms with Crippen molar-refractivity contribution in [3.05, 3.63) is 148 Å². The number of nitrogens with zero attached hydrogens (tertiary/aromatic N) is 2. The Morgan fingerprint density at radius 3 is 1.51 bits per heavy atom. The van der Waals surface area contributed by atoms with Crippen LogP contribution in [-0.2, 0) is 32.1 Å². The lowest BCUT2D eigenvalue weighted by atomic mass is 9.93. The van der Waals surface area contributed by atoms with E-state index in [2.05, 4.69) is 174 Å². The number of aromatic nitrogens is 6. The topological polar surface area (TPSA) is 113 Å². The van der Waals surface area contributed by atoms with Gasteiger partial charge in [-0.25, -0.2) is 9.97 Å². The van der Waals surface area contributed by atoms with Crippen LogP contribution in [0.25, 0.3) is 79.7 Å². The Morgan fingerprint density at radius 2 is 0.936 bits per heavy atom. The summed E-state index contributed by atoms with van der Waals surface area (Å²) in [6.45, 7) is 27.7. The summed E-state index contributed by atoms with van der Waals surface area (Å²) in [7, 11) is 0. The zero-order valence-electron chi connectivity index (χ0n) is 49.1. The second-order valence-electron chi connectivity index (χ2n) is 23.0. The van der Waals surface area contributed by atoms with Crippen LogP contribution in [0, 0.1) is 20.8 Å². The fourth-order valence-electron chi connectivity index (χ4n) is 13.7. The van der Waals surface area contributed by atoms with Crippen molar-refractivity contribution in [2.45, 2.75) is 198 Å². The maximum Gasteiger partial charge on any atom is 0.0737 e. The minimum absolute atomic E-state index is 0.0821. The molecule has 8 nitrogen and oxygen atoms in total. The molecule has 6 aromatic rings. The summed E-state index contributed by atoms with van der Waals surface area (Å²) >= 11 is 0. The largest absolute Gasteiger partial charge is 0.375 e. The number of hydrogen-bond acceptors (Lipinski definition) is 4. The molecular formula is C70H86N8. The highest BCUT2D eigenvalue weighted by atomic mass is 15.0. The first-order chi connectivity index (χ1) is 37.9. The fraction of sp³-hybridized carbons (Fsp3) is 0.429. The van der Waals surface area contributed by atoms with Crippen molar-refractivity contribution in [3.8, 4) is 22.5 Å². The van der Waals surface area contributed by atoms with Crippen molar-refractivity contribution in [3.63, 3.8) is 0 Å². The van der Waals surface area contributed by atoms with Gasteiger partial charge in [0.05, 0.1) is 34.9 Å². The van der Waals surface area contributed by atoms with Gasteiger partial charge in [-0.3, -0.25) is 0 Å². The standard InChI is InChI=1S/C70H86N8/c1-13-21-25-47-39(9)55-31-67-51-29-53-54(30-52(51)68(77-67)32-56-40(10)48(26-22-14-2)64(72-56)36-60-44(18-6)43(17-5)59(75-60)35-63(47)71-55)70-34-58-42(12)50(28-24-16-4)66(74-58)38-62-46(20-8)45(19-7)61(76-62)37-65-49(27-23-15-3)41(11)57(73-65)33-69(53)78-70/h29-38,63,67,71-75,77H,13-28H2,1-12H3/b55-31-,57-33?,58-34?,59-35-,60-36-,61-37?,62-38?,65-37?,66-38?,68-32+,69-33?,70-34?. The summed E-state index contributed by atoms with van der Waals surface area (Å²) in [6, 6.07) is 14.3. The first-order valence-corrected chi connectivity index (χ1v) is 30.4. The van der Waals surface area contributed by atoms with Crippen LogP contribution in [0.2, 0.25) is 0 Å². The normalized spacial score (nSPS) is 18.7. The van der Waals surface area contributed by atoms with Gasteiger partial charge >= 0.3 is 0 Å². The van der Waals surface area contributed by atoms with Gasteiger partial charge in [-0.15, -0.1) is 0 Å². The van der Waals surface area contributed by atoms with Crippen LogP contribution in [0.4, 0.5) is 0 Å². The summed E-state index contributed by atoms with van der Waals surface area (Å²) in [5.41, 5.74) is 34.7. The molecule has 0 aliphatic carbocycles.